The fourth-order valence-electron chi connectivity index (χ4n) is 4.64. The Balaban J connectivity index is 1.43. The Bertz CT molecular complexity index is 1630. The highest BCUT2D eigenvalue weighted by Crippen LogP contribution is 2.30. The molecule has 2 aromatic carbocycles. The van der Waals surface area contributed by atoms with Gasteiger partial charge in [0.05, 0.1) is 17.1 Å². The molecule has 1 atom stereocenters. The van der Waals surface area contributed by atoms with Crippen molar-refractivity contribution in [3.8, 4) is 5.69 Å². The number of hydrogen-bond acceptors (Lipinski definition) is 8. The number of aromatic nitrogens is 4. The van der Waals surface area contributed by atoms with Crippen LogP contribution in [0.4, 0.5) is 10.1 Å². The maximum atomic E-state index is 13.7. The lowest BCUT2D eigenvalue weighted by molar-refractivity contribution is -0.145. The molecule has 1 saturated heterocycles. The second kappa shape index (κ2) is 12.1. The van der Waals surface area contributed by atoms with Gasteiger partial charge in [-0.25, -0.2) is 4.39 Å². The van der Waals surface area contributed by atoms with Gasteiger partial charge in [0.25, 0.3) is 0 Å². The predicted molar refractivity (Wildman–Crippen MR) is 152 cm³/mol. The van der Waals surface area contributed by atoms with Crippen molar-refractivity contribution in [1.29, 1.82) is 5.41 Å². The zero-order valence-electron chi connectivity index (χ0n) is 22.3. The average Bonchev–Trinajstić information content (AvgIpc) is 3.51. The highest BCUT2D eigenvalue weighted by atomic mass is 35.5. The summed E-state index contributed by atoms with van der Waals surface area (Å²) in [4.78, 5) is 43.3. The molecule has 2 heterocycles. The normalized spacial score (nSPS) is 17.0. The van der Waals surface area contributed by atoms with Crippen molar-refractivity contribution in [2.75, 3.05) is 25.0 Å². The van der Waals surface area contributed by atoms with Crippen molar-refractivity contribution in [1.82, 2.24) is 35.7 Å². The molecular formula is C28H25ClFN9O3. The van der Waals surface area contributed by atoms with Crippen LogP contribution in [0.2, 0.25) is 5.02 Å². The fourth-order valence-corrected chi connectivity index (χ4v) is 4.81. The monoisotopic (exact) mass is 589 g/mol. The Morgan fingerprint density at radius 3 is 2.62 bits per heavy atom. The number of amides is 3. The largest absolute Gasteiger partial charge is 0.393 e. The number of halogens is 2. The highest BCUT2D eigenvalue weighted by molar-refractivity contribution is 6.31. The van der Waals surface area contributed by atoms with Gasteiger partial charge in [-0.2, -0.15) is 4.68 Å². The van der Waals surface area contributed by atoms with E-state index in [9.17, 15) is 18.8 Å². The number of carbonyl (C=O) groups is 3. The van der Waals surface area contributed by atoms with E-state index in [4.69, 9.17) is 17.0 Å². The number of piperazine rings is 1. The van der Waals surface area contributed by atoms with Gasteiger partial charge in [0.1, 0.15) is 31.3 Å². The lowest BCUT2D eigenvalue weighted by Crippen LogP contribution is -2.60. The Labute approximate surface area is 244 Å². The number of benzene rings is 2. The molecule has 0 radical (unpaired) electrons. The van der Waals surface area contributed by atoms with Crippen molar-refractivity contribution in [2.45, 2.75) is 12.5 Å². The molecule has 5 rings (SSSR count). The topological polar surface area (TPSA) is 149 Å². The average molecular weight is 590 g/mol. The first-order valence-corrected chi connectivity index (χ1v) is 13.2. The second-order valence-electron chi connectivity index (χ2n) is 9.46. The summed E-state index contributed by atoms with van der Waals surface area (Å²) in [5.74, 6) is -1.92. The number of nitrogens with zero attached hydrogens (tertiary/aromatic N) is 6. The van der Waals surface area contributed by atoms with E-state index in [1.807, 2.05) is 0 Å². The zero-order valence-corrected chi connectivity index (χ0v) is 23.0. The zero-order chi connectivity index (χ0) is 29.8. The smallest absolute Gasteiger partial charge is 0.247 e. The summed E-state index contributed by atoms with van der Waals surface area (Å²) >= 11 is 6.23. The summed E-state index contributed by atoms with van der Waals surface area (Å²) in [6.45, 7) is -0.763. The van der Waals surface area contributed by atoms with Crippen LogP contribution in [0.5, 0.6) is 0 Å². The van der Waals surface area contributed by atoms with E-state index in [-0.39, 0.29) is 18.7 Å². The summed E-state index contributed by atoms with van der Waals surface area (Å²) < 4.78 is 14.9. The van der Waals surface area contributed by atoms with E-state index in [0.29, 0.717) is 33.2 Å². The van der Waals surface area contributed by atoms with E-state index in [0.717, 1.165) is 0 Å². The third kappa shape index (κ3) is 6.10. The quantitative estimate of drug-likeness (QED) is 0.363. The molecule has 0 spiro atoms. The molecule has 2 aliphatic rings. The van der Waals surface area contributed by atoms with Crippen molar-refractivity contribution in [3.05, 3.63) is 101 Å². The molecule has 1 aromatic heterocycles. The fraction of sp³-hybridized carbons (Fsp3) is 0.179. The maximum Gasteiger partial charge on any atom is 0.247 e. The summed E-state index contributed by atoms with van der Waals surface area (Å²) in [5, 5.41) is 25.2. The lowest BCUT2D eigenvalue weighted by atomic mass is 10.0. The van der Waals surface area contributed by atoms with E-state index in [1.54, 1.807) is 37.5 Å². The number of rotatable bonds is 8. The van der Waals surface area contributed by atoms with Gasteiger partial charge in [0.2, 0.25) is 17.7 Å². The van der Waals surface area contributed by atoms with Crippen molar-refractivity contribution in [2.24, 2.45) is 0 Å². The summed E-state index contributed by atoms with van der Waals surface area (Å²) in [7, 11) is 1.70. The van der Waals surface area contributed by atoms with E-state index >= 15 is 0 Å². The Kier molecular flexibility index (Phi) is 8.20. The first-order chi connectivity index (χ1) is 20.2. The Hall–Kier alpha value is -5.17. The van der Waals surface area contributed by atoms with Crippen LogP contribution in [0.1, 0.15) is 5.56 Å². The minimum atomic E-state index is -1.10. The molecule has 1 aliphatic carbocycles. The van der Waals surface area contributed by atoms with Crippen LogP contribution in [0.25, 0.3) is 5.69 Å². The van der Waals surface area contributed by atoms with Gasteiger partial charge in [0.15, 0.2) is 0 Å². The third-order valence-electron chi connectivity index (χ3n) is 6.68. The third-order valence-corrected chi connectivity index (χ3v) is 6.92. The summed E-state index contributed by atoms with van der Waals surface area (Å²) in [6, 6.07) is 9.27. The van der Waals surface area contributed by atoms with Gasteiger partial charge < -0.3 is 20.9 Å². The van der Waals surface area contributed by atoms with E-state index < -0.39 is 36.1 Å². The number of allylic oxidation sites excluding steroid dienone is 4. The van der Waals surface area contributed by atoms with Crippen LogP contribution in [-0.2, 0) is 20.8 Å². The Morgan fingerprint density at radius 1 is 1.12 bits per heavy atom. The van der Waals surface area contributed by atoms with Crippen molar-refractivity contribution >= 4 is 40.7 Å². The van der Waals surface area contributed by atoms with Gasteiger partial charge in [-0.05, 0) is 64.6 Å². The molecule has 3 aromatic rings. The number of tetrazole rings is 1. The van der Waals surface area contributed by atoms with Crippen LogP contribution < -0.4 is 15.5 Å². The van der Waals surface area contributed by atoms with Crippen LogP contribution in [0.3, 0.4) is 0 Å². The van der Waals surface area contributed by atoms with Crippen LogP contribution in [0.15, 0.2) is 84.5 Å². The molecule has 214 valence electrons. The molecule has 1 unspecified atom stereocenters. The van der Waals surface area contributed by atoms with Gasteiger partial charge in [-0.3, -0.25) is 19.3 Å². The predicted octanol–water partition coefficient (Wildman–Crippen LogP) is 1.93. The van der Waals surface area contributed by atoms with Crippen LogP contribution in [-0.4, -0.2) is 74.7 Å². The Morgan fingerprint density at radius 2 is 1.90 bits per heavy atom. The first kappa shape index (κ1) is 28.4. The van der Waals surface area contributed by atoms with Gasteiger partial charge >= 0.3 is 0 Å². The van der Waals surface area contributed by atoms with Gasteiger partial charge in [-0.1, -0.05) is 23.7 Å². The SMILES string of the molecule is CN/C=C1/C=C(NC(=O)C(Cc2ccc(F)cc2)N2CC(=O)N(c3cc(Cl)ccc3-n3cnnn3)CC2=O)C=CC1=N. The maximum absolute atomic E-state index is 13.7. The summed E-state index contributed by atoms with van der Waals surface area (Å²) in [5.41, 5.74) is 2.57. The van der Waals surface area contributed by atoms with Crippen LogP contribution in [0, 0.1) is 11.2 Å². The number of nitrogens with one attached hydrogen (secondary N) is 3. The van der Waals surface area contributed by atoms with E-state index in [1.165, 1.54) is 57.2 Å². The van der Waals surface area contributed by atoms with Crippen molar-refractivity contribution in [3.63, 3.8) is 0 Å². The minimum Gasteiger partial charge on any atom is -0.393 e. The van der Waals surface area contributed by atoms with Gasteiger partial charge in [-0.15, -0.1) is 5.10 Å². The molecule has 3 amide bonds. The number of hydrogen-bond donors (Lipinski definition) is 3. The molecule has 0 saturated carbocycles. The van der Waals surface area contributed by atoms with Crippen LogP contribution >= 0.6 is 11.6 Å². The number of anilines is 1. The molecular weight excluding hydrogens is 565 g/mol. The molecule has 1 aliphatic heterocycles. The lowest BCUT2D eigenvalue weighted by Gasteiger charge is -2.38. The van der Waals surface area contributed by atoms with Gasteiger partial charge in [0, 0.05) is 36.0 Å². The minimum absolute atomic E-state index is 0.0319. The first-order valence-electron chi connectivity index (χ1n) is 12.8. The molecule has 1 fully saturated rings. The molecule has 14 heteroatoms. The standard InChI is InChI=1S/C28H25ClFN9O3/c1-32-13-18-11-21(7-8-22(18)31)34-28(42)25(10-17-2-5-20(30)6-3-17)38-15-26(40)37(14-27(38)41)24-12-19(29)4-9-23(24)39-16-33-35-36-39/h2-9,11-13,16,25,31-32H,10,14-15H2,1H3,(H,34,42)/b18-13-,31-22?. The highest BCUT2D eigenvalue weighted by Gasteiger charge is 2.39. The second-order valence-corrected chi connectivity index (χ2v) is 9.90. The summed E-state index contributed by atoms with van der Waals surface area (Å²) in [6.07, 6.45) is 7.74. The van der Waals surface area contributed by atoms with E-state index in [2.05, 4.69) is 26.2 Å². The van der Waals surface area contributed by atoms with Crippen molar-refractivity contribution < 1.29 is 18.8 Å². The molecule has 3 N–H and O–H groups in total. The molecule has 12 nitrogen and oxygen atoms in total. The number of carbonyl (C=O) groups excluding carboxylic acids is 3. The molecule has 42 heavy (non-hydrogen) atoms. The molecule has 0 bridgehead atoms.